The van der Waals surface area contributed by atoms with E-state index in [2.05, 4.69) is 26.5 Å². The van der Waals surface area contributed by atoms with Gasteiger partial charge in [0, 0.05) is 38.5 Å². The predicted molar refractivity (Wildman–Crippen MR) is 266 cm³/mol. The van der Waals surface area contributed by atoms with Crippen molar-refractivity contribution in [2.24, 2.45) is 40.4 Å². The molecule has 0 bridgehead atoms. The minimum Gasteiger partial charge on any atom is -0.456 e. The molecule has 25 heteroatoms. The van der Waals surface area contributed by atoms with Crippen LogP contribution in [0.25, 0.3) is 0 Å². The Hall–Kier alpha value is -2.87. The van der Waals surface area contributed by atoms with Crippen LogP contribution in [0, 0.1) is 40.4 Å². The molecular weight excluding hydrogens is 1060 g/mol. The lowest BCUT2D eigenvalue weighted by Crippen LogP contribution is -2.66. The van der Waals surface area contributed by atoms with Crippen molar-refractivity contribution in [3.63, 3.8) is 0 Å². The summed E-state index contributed by atoms with van der Waals surface area (Å²) in [7, 11) is 0. The highest BCUT2D eigenvalue weighted by Crippen LogP contribution is 2.71. The summed E-state index contributed by atoms with van der Waals surface area (Å²) in [5.74, 6) is -4.21. The number of carbonyl (C=O) groups is 3. The third-order valence-electron chi connectivity index (χ3n) is 19.8. The Morgan fingerprint density at radius 1 is 0.650 bits per heavy atom. The summed E-state index contributed by atoms with van der Waals surface area (Å²) in [6.07, 6.45) is -25.6. The van der Waals surface area contributed by atoms with Crippen LogP contribution < -0.4 is 0 Å². The number of ether oxygens (including phenoxy) is 13. The minimum absolute atomic E-state index is 0.0179. The number of allylic oxidation sites excluding steroid dienone is 1. The molecule has 0 aromatic rings. The summed E-state index contributed by atoms with van der Waals surface area (Å²) in [6.45, 7) is 16.1. The number of rotatable bonds is 11. The van der Waals surface area contributed by atoms with E-state index in [1.807, 2.05) is 6.92 Å². The highest BCUT2D eigenvalue weighted by atomic mass is 16.8. The topological polar surface area (TPSA) is 353 Å². The molecule has 80 heavy (non-hydrogen) atoms. The highest BCUT2D eigenvalue weighted by molar-refractivity contribution is 5.68. The maximum Gasteiger partial charge on any atom is 0.303 e. The van der Waals surface area contributed by atoms with E-state index in [0.717, 1.165) is 39.2 Å². The van der Waals surface area contributed by atoms with Gasteiger partial charge in [0.2, 0.25) is 5.79 Å². The van der Waals surface area contributed by atoms with Gasteiger partial charge in [0.15, 0.2) is 43.5 Å². The van der Waals surface area contributed by atoms with Gasteiger partial charge in [0.05, 0.1) is 50.3 Å². The fourth-order valence-corrected chi connectivity index (χ4v) is 15.9. The van der Waals surface area contributed by atoms with E-state index < -0.39 is 177 Å². The number of carbonyl (C=O) groups excluding carboxylic acids is 3. The van der Waals surface area contributed by atoms with E-state index in [-0.39, 0.29) is 54.1 Å². The van der Waals surface area contributed by atoms with Crippen LogP contribution in [0.3, 0.4) is 0 Å². The van der Waals surface area contributed by atoms with Crippen LogP contribution >= 0.6 is 0 Å². The first-order valence-electron chi connectivity index (χ1n) is 28.2. The van der Waals surface area contributed by atoms with Crippen LogP contribution in [-0.2, 0) is 76.0 Å². The first-order chi connectivity index (χ1) is 37.7. The zero-order valence-corrected chi connectivity index (χ0v) is 46.4. The molecule has 9 fully saturated rings. The van der Waals surface area contributed by atoms with Gasteiger partial charge in [-0.05, 0) is 80.6 Å². The summed E-state index contributed by atoms with van der Waals surface area (Å²) in [5.41, 5.74) is 0.319. The standard InChI is InChI=1S/C55H82O25/c1-20-17-70-55(48(67)42(20)77-50-41(66)39(64)37(62)22(3)71-50)21(2)36-34(80-55)16-31-29-11-10-27-14-28(59)15-35(54(27,9)30(29)12-13-53(31,36)8)76-51-46(44(33(61)19-69-51)78-49-40(65)38(63)32(60)18-68-49)79-52-47(75-26(7)58)45(74-25(6)57)43(23(4)72-52)73-24(5)56/h10,21-23,28-52,59-67H,1,11-19H2,2-9H3/t21?,22?,23-,28+,29?,30?,31?,32+,33-,34-,35+,36+,37?,38-,39?,40+,41?,42-,43-,44-,45+,46+,47+,48-,49-,50?,51-,52-,53-,54-,55-/m0/s1. The van der Waals surface area contributed by atoms with Crippen molar-refractivity contribution in [1.29, 1.82) is 0 Å². The second kappa shape index (κ2) is 22.9. The fraction of sp³-hybridized carbons (Fsp3) is 0.873. The van der Waals surface area contributed by atoms with E-state index in [1.54, 1.807) is 6.92 Å². The number of aliphatic hydroxyl groups is 9. The molecule has 6 aliphatic heterocycles. The molecule has 3 saturated carbocycles. The smallest absolute Gasteiger partial charge is 0.303 e. The second-order valence-electron chi connectivity index (χ2n) is 24.6. The summed E-state index contributed by atoms with van der Waals surface area (Å²) >= 11 is 0. The van der Waals surface area contributed by atoms with E-state index in [1.165, 1.54) is 6.92 Å². The molecule has 9 N–H and O–H groups in total. The Morgan fingerprint density at radius 3 is 1.98 bits per heavy atom. The lowest BCUT2D eigenvalue weighted by Gasteiger charge is -2.60. The zero-order valence-electron chi connectivity index (χ0n) is 46.4. The lowest BCUT2D eigenvalue weighted by molar-refractivity contribution is -0.382. The molecule has 0 aromatic carbocycles. The number of esters is 3. The molecular formula is C55H82O25. The summed E-state index contributed by atoms with van der Waals surface area (Å²) in [4.78, 5) is 37.8. The average molecular weight is 1140 g/mol. The van der Waals surface area contributed by atoms with Crippen molar-refractivity contribution in [3.05, 3.63) is 23.8 Å². The zero-order chi connectivity index (χ0) is 57.8. The third kappa shape index (κ3) is 10.4. The van der Waals surface area contributed by atoms with Crippen LogP contribution in [-0.4, -0.2) is 231 Å². The van der Waals surface area contributed by atoms with Gasteiger partial charge in [0.1, 0.15) is 67.1 Å². The molecule has 4 aliphatic carbocycles. The largest absolute Gasteiger partial charge is 0.456 e. The van der Waals surface area contributed by atoms with Crippen LogP contribution in [0.1, 0.15) is 93.9 Å². The molecule has 9 unspecified atom stereocenters. The Kier molecular flexibility index (Phi) is 17.2. The minimum atomic E-state index is -1.81. The van der Waals surface area contributed by atoms with Crippen molar-refractivity contribution in [3.8, 4) is 0 Å². The normalized spacial score (nSPS) is 52.9. The molecule has 0 aromatic heterocycles. The van der Waals surface area contributed by atoms with Crippen LogP contribution in [0.15, 0.2) is 23.8 Å². The van der Waals surface area contributed by atoms with Gasteiger partial charge in [-0.1, -0.05) is 39.0 Å². The van der Waals surface area contributed by atoms with E-state index in [9.17, 15) is 60.3 Å². The predicted octanol–water partition coefficient (Wildman–Crippen LogP) is -1.11. The van der Waals surface area contributed by atoms with Gasteiger partial charge in [0.25, 0.3) is 0 Å². The van der Waals surface area contributed by atoms with Gasteiger partial charge in [-0.2, -0.15) is 0 Å². The Bertz CT molecular complexity index is 2320. The Balaban J connectivity index is 0.926. The van der Waals surface area contributed by atoms with Gasteiger partial charge < -0.3 is 108 Å². The molecule has 1 spiro atoms. The molecule has 6 saturated heterocycles. The van der Waals surface area contributed by atoms with Gasteiger partial charge in [-0.15, -0.1) is 0 Å². The van der Waals surface area contributed by atoms with Crippen molar-refractivity contribution >= 4 is 17.9 Å². The SMILES string of the molecule is C=C1CO[C@@]2(O[C@H]3CC4C5CC=C6C[C@@H](O)C[C@@H](O[C@@H]7OC[C@H](O)[C@H](O[C@@H]8OC[C@@H](O)[C@H](O)[C@H]8O)[C@H]7O[C@@H]7O[C@@H](C)[C@H](OC(C)=O)[C@@H](OC(C)=O)[C@H]7OC(C)=O)[C@]6(C)C5CC[C@]4(C)[C@@H]3C2C)[C@@H](O)[C@H]1OC1OC(C)C(O)C(O)C1O. The number of hydrogen-bond acceptors (Lipinski definition) is 25. The quantitative estimate of drug-likeness (QED) is 0.0673. The molecule has 31 atom stereocenters. The first kappa shape index (κ1) is 60.3. The molecule has 10 rings (SSSR count). The lowest BCUT2D eigenvalue weighted by atomic mass is 9.46. The van der Waals surface area contributed by atoms with E-state index >= 15 is 0 Å². The summed E-state index contributed by atoms with van der Waals surface area (Å²) in [6, 6.07) is 0. The first-order valence-corrected chi connectivity index (χ1v) is 28.2. The van der Waals surface area contributed by atoms with Gasteiger partial charge >= 0.3 is 17.9 Å². The maximum absolute atomic E-state index is 12.8. The molecule has 25 nitrogen and oxygen atoms in total. The van der Waals surface area contributed by atoms with Crippen molar-refractivity contribution in [2.45, 2.75) is 241 Å². The van der Waals surface area contributed by atoms with Crippen molar-refractivity contribution in [1.82, 2.24) is 0 Å². The van der Waals surface area contributed by atoms with Crippen LogP contribution in [0.5, 0.6) is 0 Å². The van der Waals surface area contributed by atoms with Crippen molar-refractivity contribution < 1.29 is 122 Å². The molecule has 0 radical (unpaired) electrons. The number of fused-ring (bicyclic) bond motifs is 7. The van der Waals surface area contributed by atoms with E-state index in [0.29, 0.717) is 24.8 Å². The highest BCUT2D eigenvalue weighted by Gasteiger charge is 2.72. The molecule has 0 amide bonds. The van der Waals surface area contributed by atoms with Gasteiger partial charge in [-0.3, -0.25) is 14.4 Å². The monoisotopic (exact) mass is 1140 g/mol. The summed E-state index contributed by atoms with van der Waals surface area (Å²) in [5, 5.41) is 99.4. The summed E-state index contributed by atoms with van der Waals surface area (Å²) < 4.78 is 80.7. The molecule has 10 aliphatic rings. The molecule has 6 heterocycles. The van der Waals surface area contributed by atoms with Crippen LogP contribution in [0.2, 0.25) is 0 Å². The van der Waals surface area contributed by atoms with Crippen molar-refractivity contribution in [2.75, 3.05) is 19.8 Å². The Labute approximate surface area is 463 Å². The molecule has 452 valence electrons. The van der Waals surface area contributed by atoms with E-state index in [4.69, 9.17) is 61.6 Å². The maximum atomic E-state index is 12.8. The Morgan fingerprint density at radius 2 is 1.27 bits per heavy atom. The fourth-order valence-electron chi connectivity index (χ4n) is 15.9. The van der Waals surface area contributed by atoms with Crippen LogP contribution in [0.4, 0.5) is 0 Å². The number of aliphatic hydroxyl groups excluding tert-OH is 9. The van der Waals surface area contributed by atoms with Gasteiger partial charge in [-0.25, -0.2) is 0 Å². The third-order valence-corrected chi connectivity index (χ3v) is 19.8. The average Bonchev–Trinajstić information content (AvgIpc) is 4.09. The number of hydrogen-bond donors (Lipinski definition) is 9. The second-order valence-corrected chi connectivity index (χ2v) is 24.6.